The van der Waals surface area contributed by atoms with Crippen LogP contribution in [0.2, 0.25) is 5.02 Å². The van der Waals surface area contributed by atoms with Crippen LogP contribution in [0.4, 0.5) is 5.69 Å². The van der Waals surface area contributed by atoms with Gasteiger partial charge >= 0.3 is 0 Å². The molecule has 18 heavy (non-hydrogen) atoms. The van der Waals surface area contributed by atoms with Gasteiger partial charge in [0, 0.05) is 10.7 Å². The number of hydrogen-bond acceptors (Lipinski definition) is 2. The number of anilines is 1. The minimum Gasteiger partial charge on any atom is -0.325 e. The fraction of sp³-hybridized carbons (Fsp3) is 0.462. The van der Waals surface area contributed by atoms with Crippen molar-refractivity contribution in [2.24, 2.45) is 5.92 Å². The van der Waals surface area contributed by atoms with Gasteiger partial charge in [-0.1, -0.05) is 17.7 Å². The van der Waals surface area contributed by atoms with E-state index in [1.165, 1.54) is 12.8 Å². The smallest absolute Gasteiger partial charge is 0.238 e. The maximum atomic E-state index is 11.7. The third-order valence-corrected chi connectivity index (χ3v) is 3.12. The summed E-state index contributed by atoms with van der Waals surface area (Å²) in [6, 6.07) is 5.49. The summed E-state index contributed by atoms with van der Waals surface area (Å²) >= 11 is 5.89. The quantitative estimate of drug-likeness (QED) is 0.875. The van der Waals surface area contributed by atoms with Crippen molar-refractivity contribution in [3.63, 3.8) is 0 Å². The highest BCUT2D eigenvalue weighted by atomic mass is 35.5. The highest BCUT2D eigenvalue weighted by Gasteiger charge is 2.20. The lowest BCUT2D eigenvalue weighted by atomic mass is 10.2. The Hall–Kier alpha value is -0.770. The van der Waals surface area contributed by atoms with E-state index in [9.17, 15) is 4.79 Å². The van der Waals surface area contributed by atoms with Gasteiger partial charge in [0.2, 0.25) is 5.91 Å². The third kappa shape index (κ3) is 4.84. The molecule has 100 valence electrons. The summed E-state index contributed by atoms with van der Waals surface area (Å²) in [7, 11) is 0. The Balaban J connectivity index is 0.00000162. The molecule has 1 amide bonds. The van der Waals surface area contributed by atoms with Gasteiger partial charge in [0.05, 0.1) is 6.54 Å². The standard InChI is InChI=1S/C13H17ClN2O.ClH/c1-9-2-5-11(14)6-12(9)16-13(17)8-15-7-10-3-4-10;/h2,5-6,10,15H,3-4,7-8H2,1H3,(H,16,17);1H. The van der Waals surface area contributed by atoms with Crippen molar-refractivity contribution in [3.8, 4) is 0 Å². The molecule has 5 heteroatoms. The number of amides is 1. The van der Waals surface area contributed by atoms with E-state index >= 15 is 0 Å². The summed E-state index contributed by atoms with van der Waals surface area (Å²) < 4.78 is 0. The number of halogens is 2. The Morgan fingerprint density at radius 1 is 1.44 bits per heavy atom. The lowest BCUT2D eigenvalue weighted by Gasteiger charge is -2.09. The summed E-state index contributed by atoms with van der Waals surface area (Å²) in [5, 5.41) is 6.65. The lowest BCUT2D eigenvalue weighted by Crippen LogP contribution is -2.29. The Morgan fingerprint density at radius 3 is 2.83 bits per heavy atom. The third-order valence-electron chi connectivity index (χ3n) is 2.89. The minimum absolute atomic E-state index is 0. The van der Waals surface area contributed by atoms with E-state index < -0.39 is 0 Å². The van der Waals surface area contributed by atoms with Gasteiger partial charge < -0.3 is 10.6 Å². The van der Waals surface area contributed by atoms with Crippen LogP contribution in [0.5, 0.6) is 0 Å². The fourth-order valence-electron chi connectivity index (χ4n) is 1.64. The molecule has 1 aliphatic rings. The normalized spacial score (nSPS) is 13.9. The van der Waals surface area contributed by atoms with Crippen LogP contribution < -0.4 is 10.6 Å². The van der Waals surface area contributed by atoms with Crippen LogP contribution in [0, 0.1) is 12.8 Å². The first-order chi connectivity index (χ1) is 8.15. The van der Waals surface area contributed by atoms with E-state index in [1.807, 2.05) is 19.1 Å². The van der Waals surface area contributed by atoms with Crippen molar-refractivity contribution in [1.82, 2.24) is 5.32 Å². The van der Waals surface area contributed by atoms with Crippen molar-refractivity contribution in [2.75, 3.05) is 18.4 Å². The van der Waals surface area contributed by atoms with E-state index in [-0.39, 0.29) is 18.3 Å². The van der Waals surface area contributed by atoms with Gasteiger partial charge in [0.1, 0.15) is 0 Å². The molecule has 0 unspecified atom stereocenters. The molecule has 0 bridgehead atoms. The first-order valence-electron chi connectivity index (χ1n) is 5.92. The molecule has 0 saturated heterocycles. The second-order valence-electron chi connectivity index (χ2n) is 4.58. The van der Waals surface area contributed by atoms with Gasteiger partial charge in [-0.25, -0.2) is 0 Å². The molecule has 1 aromatic carbocycles. The van der Waals surface area contributed by atoms with Gasteiger partial charge in [0.15, 0.2) is 0 Å². The predicted molar refractivity (Wildman–Crippen MR) is 77.7 cm³/mol. The maximum Gasteiger partial charge on any atom is 0.238 e. The van der Waals surface area contributed by atoms with Crippen LogP contribution in [-0.4, -0.2) is 19.0 Å². The molecule has 1 aliphatic carbocycles. The number of aryl methyl sites for hydroxylation is 1. The molecule has 1 saturated carbocycles. The zero-order chi connectivity index (χ0) is 12.3. The van der Waals surface area contributed by atoms with E-state index in [4.69, 9.17) is 11.6 Å². The highest BCUT2D eigenvalue weighted by Crippen LogP contribution is 2.27. The maximum absolute atomic E-state index is 11.7. The van der Waals surface area contributed by atoms with Crippen LogP contribution in [-0.2, 0) is 4.79 Å². The number of rotatable bonds is 5. The molecular formula is C13H18Cl2N2O. The van der Waals surface area contributed by atoms with Gasteiger partial charge in [-0.15, -0.1) is 12.4 Å². The fourth-order valence-corrected chi connectivity index (χ4v) is 1.81. The molecule has 2 rings (SSSR count). The summed E-state index contributed by atoms with van der Waals surface area (Å²) in [6.07, 6.45) is 2.59. The first kappa shape index (κ1) is 15.3. The van der Waals surface area contributed by atoms with Crippen molar-refractivity contribution in [2.45, 2.75) is 19.8 Å². The number of hydrogen-bond donors (Lipinski definition) is 2. The van der Waals surface area contributed by atoms with Crippen LogP contribution in [0.1, 0.15) is 18.4 Å². The minimum atomic E-state index is -0.0176. The largest absolute Gasteiger partial charge is 0.325 e. The molecule has 0 aromatic heterocycles. The average Bonchev–Trinajstić information content (AvgIpc) is 3.07. The second kappa shape index (κ2) is 6.98. The first-order valence-corrected chi connectivity index (χ1v) is 6.29. The van der Waals surface area contributed by atoms with E-state index in [0.717, 1.165) is 23.7 Å². The Bertz CT molecular complexity index is 419. The van der Waals surface area contributed by atoms with Crippen molar-refractivity contribution in [3.05, 3.63) is 28.8 Å². The van der Waals surface area contributed by atoms with Crippen LogP contribution in [0.25, 0.3) is 0 Å². The predicted octanol–water partition coefficient (Wildman–Crippen LogP) is 3.01. The number of carbonyl (C=O) groups excluding carboxylic acids is 1. The van der Waals surface area contributed by atoms with Crippen molar-refractivity contribution in [1.29, 1.82) is 0 Å². The van der Waals surface area contributed by atoms with Crippen LogP contribution >= 0.6 is 24.0 Å². The number of benzene rings is 1. The number of nitrogens with one attached hydrogen (secondary N) is 2. The highest BCUT2D eigenvalue weighted by molar-refractivity contribution is 6.31. The van der Waals surface area contributed by atoms with Crippen molar-refractivity contribution < 1.29 is 4.79 Å². The lowest BCUT2D eigenvalue weighted by molar-refractivity contribution is -0.115. The zero-order valence-electron chi connectivity index (χ0n) is 10.3. The second-order valence-corrected chi connectivity index (χ2v) is 5.02. The summed E-state index contributed by atoms with van der Waals surface area (Å²) in [5.41, 5.74) is 1.81. The van der Waals surface area contributed by atoms with Crippen molar-refractivity contribution >= 4 is 35.6 Å². The molecule has 1 aromatic rings. The molecule has 2 N–H and O–H groups in total. The van der Waals surface area contributed by atoms with E-state index in [0.29, 0.717) is 11.6 Å². The topological polar surface area (TPSA) is 41.1 Å². The summed E-state index contributed by atoms with van der Waals surface area (Å²) in [5.74, 6) is 0.770. The van der Waals surface area contributed by atoms with E-state index in [2.05, 4.69) is 10.6 Å². The number of carbonyl (C=O) groups is 1. The van der Waals surface area contributed by atoms with E-state index in [1.54, 1.807) is 6.07 Å². The molecule has 0 aliphatic heterocycles. The molecule has 0 atom stereocenters. The van der Waals surface area contributed by atoms with Crippen LogP contribution in [0.15, 0.2) is 18.2 Å². The molecule has 0 heterocycles. The van der Waals surface area contributed by atoms with Gasteiger partial charge in [0.25, 0.3) is 0 Å². The monoisotopic (exact) mass is 288 g/mol. The zero-order valence-corrected chi connectivity index (χ0v) is 11.9. The Morgan fingerprint density at radius 2 is 2.17 bits per heavy atom. The molecule has 1 fully saturated rings. The Labute approximate surface area is 119 Å². The van der Waals surface area contributed by atoms with Gasteiger partial charge in [-0.2, -0.15) is 0 Å². The molecular weight excluding hydrogens is 271 g/mol. The average molecular weight is 289 g/mol. The summed E-state index contributed by atoms with van der Waals surface area (Å²) in [6.45, 7) is 3.26. The Kier molecular flexibility index (Phi) is 5.93. The van der Waals surface area contributed by atoms with Gasteiger partial charge in [-0.05, 0) is 49.9 Å². The molecule has 0 spiro atoms. The van der Waals surface area contributed by atoms with Crippen LogP contribution in [0.3, 0.4) is 0 Å². The summed E-state index contributed by atoms with van der Waals surface area (Å²) in [4.78, 5) is 11.7. The molecule has 0 radical (unpaired) electrons. The SMILES string of the molecule is Cc1ccc(Cl)cc1NC(=O)CNCC1CC1.Cl. The molecule has 3 nitrogen and oxygen atoms in total. The van der Waals surface area contributed by atoms with Gasteiger partial charge in [-0.3, -0.25) is 4.79 Å².